The highest BCUT2D eigenvalue weighted by atomic mass is 16.5. The van der Waals surface area contributed by atoms with E-state index in [1.54, 1.807) is 13.3 Å². The van der Waals surface area contributed by atoms with Gasteiger partial charge in [0.1, 0.15) is 12.4 Å². The van der Waals surface area contributed by atoms with E-state index in [-0.39, 0.29) is 11.3 Å². The molecule has 5 heteroatoms. The molecule has 1 aliphatic carbocycles. The minimum atomic E-state index is 0.221. The van der Waals surface area contributed by atoms with Crippen LogP contribution in [0.5, 0.6) is 0 Å². The number of methoxy groups -OCH3 is 1. The number of carbonyl (C=O) groups excluding carboxylic acids is 1. The van der Waals surface area contributed by atoms with E-state index in [0.717, 1.165) is 38.1 Å². The Bertz CT molecular complexity index is 527. The number of nitrogens with zero attached hydrogens (tertiary/aromatic N) is 3. The smallest absolute Gasteiger partial charge is 0.242 e. The van der Waals surface area contributed by atoms with Crippen LogP contribution in [-0.2, 0) is 16.1 Å². The lowest BCUT2D eigenvalue weighted by Gasteiger charge is -2.42. The molecule has 2 heterocycles. The molecule has 2 fully saturated rings. The van der Waals surface area contributed by atoms with E-state index in [2.05, 4.69) is 16.8 Å². The molecular formula is C16H25N3O2. The molecule has 21 heavy (non-hydrogen) atoms. The van der Waals surface area contributed by atoms with Crippen molar-refractivity contribution in [3.8, 4) is 0 Å². The predicted molar refractivity (Wildman–Crippen MR) is 79.8 cm³/mol. The number of hydrogen-bond acceptors (Lipinski definition) is 3. The van der Waals surface area contributed by atoms with Crippen LogP contribution >= 0.6 is 0 Å². The minimum absolute atomic E-state index is 0.221. The third-order valence-electron chi connectivity index (χ3n) is 5.44. The van der Waals surface area contributed by atoms with E-state index in [9.17, 15) is 4.79 Å². The first-order valence-corrected chi connectivity index (χ1v) is 7.83. The van der Waals surface area contributed by atoms with Crippen LogP contribution in [0.25, 0.3) is 0 Å². The van der Waals surface area contributed by atoms with Gasteiger partial charge in [-0.3, -0.25) is 4.79 Å². The summed E-state index contributed by atoms with van der Waals surface area (Å²) in [5.41, 5.74) is 0.221. The Morgan fingerprint density at radius 1 is 1.52 bits per heavy atom. The number of rotatable bonds is 3. The van der Waals surface area contributed by atoms with Crippen LogP contribution in [0, 0.1) is 12.3 Å². The zero-order valence-corrected chi connectivity index (χ0v) is 13.2. The molecule has 1 aromatic rings. The maximum absolute atomic E-state index is 12.7. The molecule has 3 atom stereocenters. The molecule has 0 bridgehead atoms. The van der Waals surface area contributed by atoms with Crippen molar-refractivity contribution in [3.05, 3.63) is 18.2 Å². The summed E-state index contributed by atoms with van der Waals surface area (Å²) in [5.74, 6) is 1.12. The maximum atomic E-state index is 12.7. The number of ether oxygens (including phenoxy) is 1. The topological polar surface area (TPSA) is 47.4 Å². The number of likely N-dealkylation sites (tertiary alicyclic amines) is 1. The SMILES string of the molecule is CO[C@@H]1CC[C@H]2N(C(=O)Cn3ccnc3C)CC[C@@]2(C)C1. The maximum Gasteiger partial charge on any atom is 0.242 e. The van der Waals surface area contributed by atoms with Crippen molar-refractivity contribution in [2.24, 2.45) is 5.41 Å². The molecular weight excluding hydrogens is 266 g/mol. The fraction of sp³-hybridized carbons (Fsp3) is 0.750. The first kappa shape index (κ1) is 14.6. The zero-order chi connectivity index (χ0) is 15.0. The van der Waals surface area contributed by atoms with Crippen molar-refractivity contribution < 1.29 is 9.53 Å². The summed E-state index contributed by atoms with van der Waals surface area (Å²) >= 11 is 0. The van der Waals surface area contributed by atoms with Crippen molar-refractivity contribution >= 4 is 5.91 Å². The van der Waals surface area contributed by atoms with E-state index in [1.165, 1.54) is 0 Å². The first-order chi connectivity index (χ1) is 10.0. The summed E-state index contributed by atoms with van der Waals surface area (Å²) in [4.78, 5) is 18.9. The molecule has 0 aromatic carbocycles. The Labute approximate surface area is 126 Å². The Kier molecular flexibility index (Phi) is 3.78. The summed E-state index contributed by atoms with van der Waals surface area (Å²) in [6.45, 7) is 5.54. The van der Waals surface area contributed by atoms with Crippen molar-refractivity contribution in [1.82, 2.24) is 14.5 Å². The summed E-state index contributed by atoms with van der Waals surface area (Å²) in [6, 6.07) is 0.375. The fourth-order valence-electron chi connectivity index (χ4n) is 4.09. The van der Waals surface area contributed by atoms with Gasteiger partial charge in [-0.1, -0.05) is 6.92 Å². The van der Waals surface area contributed by atoms with Crippen molar-refractivity contribution in [3.63, 3.8) is 0 Å². The Hall–Kier alpha value is -1.36. The number of imidazole rings is 1. The van der Waals surface area contributed by atoms with Crippen LogP contribution in [0.3, 0.4) is 0 Å². The van der Waals surface area contributed by atoms with Gasteiger partial charge in [0.2, 0.25) is 5.91 Å². The normalized spacial score (nSPS) is 32.2. The van der Waals surface area contributed by atoms with Crippen LogP contribution in [0.4, 0.5) is 0 Å². The molecule has 1 saturated heterocycles. The molecule has 116 valence electrons. The van der Waals surface area contributed by atoms with Crippen LogP contribution in [0.2, 0.25) is 0 Å². The van der Waals surface area contributed by atoms with Gasteiger partial charge in [-0.2, -0.15) is 0 Å². The Morgan fingerprint density at radius 2 is 2.33 bits per heavy atom. The van der Waals surface area contributed by atoms with Crippen LogP contribution in [0.1, 0.15) is 38.4 Å². The largest absolute Gasteiger partial charge is 0.381 e. The van der Waals surface area contributed by atoms with E-state index >= 15 is 0 Å². The lowest BCUT2D eigenvalue weighted by Crippen LogP contribution is -2.47. The molecule has 0 N–H and O–H groups in total. The third kappa shape index (κ3) is 2.59. The number of aromatic nitrogens is 2. The molecule has 1 amide bonds. The number of hydrogen-bond donors (Lipinski definition) is 0. The standard InChI is InChI=1S/C16H25N3O2/c1-12-17-7-9-18(12)11-15(20)19-8-6-16(2)10-13(21-3)4-5-14(16)19/h7,9,13-14H,4-6,8,10-11H2,1-3H3/t13-,14-,16+/m1/s1. The predicted octanol–water partition coefficient (Wildman–Crippen LogP) is 2.00. The third-order valence-corrected chi connectivity index (χ3v) is 5.44. The highest BCUT2D eigenvalue weighted by Gasteiger charge is 2.49. The molecule has 1 aromatic heterocycles. The minimum Gasteiger partial charge on any atom is -0.381 e. The van der Waals surface area contributed by atoms with Crippen LogP contribution in [-0.4, -0.2) is 46.2 Å². The van der Waals surface area contributed by atoms with Crippen molar-refractivity contribution in [1.29, 1.82) is 0 Å². The summed E-state index contributed by atoms with van der Waals surface area (Å²) in [5, 5.41) is 0. The molecule has 0 unspecified atom stereocenters. The lowest BCUT2D eigenvalue weighted by atomic mass is 9.71. The molecule has 3 rings (SSSR count). The van der Waals surface area contributed by atoms with Crippen molar-refractivity contribution in [2.45, 2.75) is 58.2 Å². The molecule has 1 saturated carbocycles. The van der Waals surface area contributed by atoms with Crippen molar-refractivity contribution in [2.75, 3.05) is 13.7 Å². The van der Waals surface area contributed by atoms with E-state index < -0.39 is 0 Å². The van der Waals surface area contributed by atoms with Gasteiger partial charge in [-0.05, 0) is 38.0 Å². The first-order valence-electron chi connectivity index (χ1n) is 7.83. The summed E-state index contributed by atoms with van der Waals surface area (Å²) in [7, 11) is 1.80. The van der Waals surface area contributed by atoms with Gasteiger partial charge in [0.05, 0.1) is 6.10 Å². The molecule has 0 radical (unpaired) electrons. The van der Waals surface area contributed by atoms with Crippen LogP contribution in [0.15, 0.2) is 12.4 Å². The zero-order valence-electron chi connectivity index (χ0n) is 13.2. The molecule has 2 aliphatic rings. The average molecular weight is 291 g/mol. The van der Waals surface area contributed by atoms with Gasteiger partial charge in [-0.15, -0.1) is 0 Å². The second kappa shape index (κ2) is 5.44. The van der Waals surface area contributed by atoms with E-state index in [0.29, 0.717) is 18.7 Å². The highest BCUT2D eigenvalue weighted by molar-refractivity contribution is 5.77. The van der Waals surface area contributed by atoms with Gasteiger partial charge in [0.15, 0.2) is 0 Å². The second-order valence-corrected chi connectivity index (χ2v) is 6.75. The highest BCUT2D eigenvalue weighted by Crippen LogP contribution is 2.47. The average Bonchev–Trinajstić information content (AvgIpc) is 3.01. The molecule has 0 spiro atoms. The van der Waals surface area contributed by atoms with Crippen LogP contribution < -0.4 is 0 Å². The van der Waals surface area contributed by atoms with Gasteiger partial charge in [0.25, 0.3) is 0 Å². The van der Waals surface area contributed by atoms with E-state index in [4.69, 9.17) is 4.74 Å². The Morgan fingerprint density at radius 3 is 3.00 bits per heavy atom. The molecule has 5 nitrogen and oxygen atoms in total. The summed E-state index contributed by atoms with van der Waals surface area (Å²) < 4.78 is 7.47. The van der Waals surface area contributed by atoms with E-state index in [1.807, 2.05) is 17.7 Å². The summed E-state index contributed by atoms with van der Waals surface area (Å²) in [6.07, 6.45) is 8.27. The monoisotopic (exact) mass is 291 g/mol. The van der Waals surface area contributed by atoms with Gasteiger partial charge in [-0.25, -0.2) is 4.98 Å². The lowest BCUT2D eigenvalue weighted by molar-refractivity contribution is -0.135. The van der Waals surface area contributed by atoms with Gasteiger partial charge >= 0.3 is 0 Å². The fourth-order valence-corrected chi connectivity index (χ4v) is 4.09. The van der Waals surface area contributed by atoms with Gasteiger partial charge < -0.3 is 14.2 Å². The number of fused-ring (bicyclic) bond motifs is 1. The second-order valence-electron chi connectivity index (χ2n) is 6.75. The quantitative estimate of drug-likeness (QED) is 0.856. The number of aryl methyl sites for hydroxylation is 1. The number of carbonyl (C=O) groups is 1. The molecule has 1 aliphatic heterocycles. The number of amides is 1. The Balaban J connectivity index is 1.70. The van der Waals surface area contributed by atoms with Gasteiger partial charge in [0, 0.05) is 32.1 Å².